The Bertz CT molecular complexity index is 301. The smallest absolute Gasteiger partial charge is 0.151 e. The van der Waals surface area contributed by atoms with Gasteiger partial charge >= 0.3 is 0 Å². The van der Waals surface area contributed by atoms with Gasteiger partial charge in [-0.2, -0.15) is 0 Å². The van der Waals surface area contributed by atoms with Gasteiger partial charge in [-0.1, -0.05) is 6.07 Å². The minimum atomic E-state index is -0.655. The highest BCUT2D eigenvalue weighted by molar-refractivity contribution is 5.61. The number of aliphatic imine (C=N–C) groups is 1. The fourth-order valence-electron chi connectivity index (χ4n) is 0.786. The summed E-state index contributed by atoms with van der Waals surface area (Å²) in [5, 5.41) is 0. The van der Waals surface area contributed by atoms with Crippen LogP contribution in [-0.2, 0) is 0 Å². The van der Waals surface area contributed by atoms with Crippen molar-refractivity contribution in [2.45, 2.75) is 0 Å². The molecule has 0 atom stereocenters. The van der Waals surface area contributed by atoms with Gasteiger partial charge in [0.05, 0.1) is 6.34 Å². The van der Waals surface area contributed by atoms with E-state index >= 15 is 0 Å². The molecule has 0 spiro atoms. The zero-order valence-corrected chi connectivity index (χ0v) is 7.46. The van der Waals surface area contributed by atoms with Gasteiger partial charge in [0.25, 0.3) is 0 Å². The van der Waals surface area contributed by atoms with Crippen LogP contribution in [0.25, 0.3) is 0 Å². The maximum atomic E-state index is 12.9. The predicted octanol–water partition coefficient (Wildman–Crippen LogP) is 2.19. The molecule has 2 nitrogen and oxygen atoms in total. The molecule has 0 heterocycles. The molecule has 70 valence electrons. The summed E-state index contributed by atoms with van der Waals surface area (Å²) < 4.78 is 25.9. The van der Waals surface area contributed by atoms with E-state index < -0.39 is 11.6 Å². The van der Waals surface area contributed by atoms with Crippen molar-refractivity contribution in [3.05, 3.63) is 29.8 Å². The van der Waals surface area contributed by atoms with E-state index in [9.17, 15) is 8.78 Å². The van der Waals surface area contributed by atoms with Crippen LogP contribution in [0.4, 0.5) is 14.5 Å². The molecule has 0 N–H and O–H groups in total. The molecule has 13 heavy (non-hydrogen) atoms. The van der Waals surface area contributed by atoms with Gasteiger partial charge in [0.2, 0.25) is 0 Å². The molecule has 1 rings (SSSR count). The van der Waals surface area contributed by atoms with Crippen LogP contribution in [-0.4, -0.2) is 25.3 Å². The van der Waals surface area contributed by atoms with E-state index in [0.29, 0.717) is 0 Å². The second kappa shape index (κ2) is 3.98. The number of rotatable bonds is 2. The van der Waals surface area contributed by atoms with E-state index in [4.69, 9.17) is 0 Å². The first-order valence-corrected chi connectivity index (χ1v) is 3.76. The maximum Gasteiger partial charge on any atom is 0.151 e. The van der Waals surface area contributed by atoms with Gasteiger partial charge in [-0.25, -0.2) is 13.8 Å². The molecule has 0 radical (unpaired) electrons. The number of hydrogen-bond donors (Lipinski definition) is 0. The Hall–Kier alpha value is -1.45. The summed E-state index contributed by atoms with van der Waals surface area (Å²) in [6.07, 6.45) is 1.35. The van der Waals surface area contributed by atoms with E-state index in [1.807, 2.05) is 0 Å². The Morgan fingerprint density at radius 2 is 1.77 bits per heavy atom. The molecule has 0 aliphatic rings. The molecule has 0 aliphatic heterocycles. The van der Waals surface area contributed by atoms with Crippen molar-refractivity contribution in [3.63, 3.8) is 0 Å². The molecule has 1 aromatic rings. The van der Waals surface area contributed by atoms with E-state index in [0.717, 1.165) is 0 Å². The lowest BCUT2D eigenvalue weighted by molar-refractivity contribution is 0.585. The predicted molar refractivity (Wildman–Crippen MR) is 48.2 cm³/mol. The van der Waals surface area contributed by atoms with Crippen LogP contribution in [0.5, 0.6) is 0 Å². The molecule has 0 aromatic heterocycles. The molecule has 0 saturated heterocycles. The van der Waals surface area contributed by atoms with E-state index in [1.54, 1.807) is 19.0 Å². The standard InChI is InChI=1S/C9H10F2N2/c1-13(2)6-12-9-7(10)4-3-5-8(9)11/h3-6H,1-2H3. The third kappa shape index (κ3) is 2.50. The molecular formula is C9H10F2N2. The first kappa shape index (κ1) is 9.64. The zero-order chi connectivity index (χ0) is 9.84. The summed E-state index contributed by atoms with van der Waals surface area (Å²) in [5.41, 5.74) is -0.254. The van der Waals surface area contributed by atoms with Gasteiger partial charge in [-0.3, -0.25) is 0 Å². The van der Waals surface area contributed by atoms with Gasteiger partial charge in [-0.15, -0.1) is 0 Å². The van der Waals surface area contributed by atoms with Crippen LogP contribution in [0.15, 0.2) is 23.2 Å². The SMILES string of the molecule is CN(C)C=Nc1c(F)cccc1F. The highest BCUT2D eigenvalue weighted by Gasteiger charge is 2.05. The monoisotopic (exact) mass is 184 g/mol. The van der Waals surface area contributed by atoms with Crippen molar-refractivity contribution in [2.24, 2.45) is 4.99 Å². The van der Waals surface area contributed by atoms with Crippen LogP contribution in [0.3, 0.4) is 0 Å². The topological polar surface area (TPSA) is 15.6 Å². The number of nitrogens with zero attached hydrogens (tertiary/aromatic N) is 2. The molecule has 0 saturated carbocycles. The maximum absolute atomic E-state index is 12.9. The summed E-state index contributed by atoms with van der Waals surface area (Å²) >= 11 is 0. The highest BCUT2D eigenvalue weighted by Crippen LogP contribution is 2.20. The average Bonchev–Trinajstić information content (AvgIpc) is 2.03. The first-order chi connectivity index (χ1) is 6.11. The van der Waals surface area contributed by atoms with Gasteiger partial charge in [-0.05, 0) is 12.1 Å². The lowest BCUT2D eigenvalue weighted by Crippen LogP contribution is -2.07. The molecule has 4 heteroatoms. The van der Waals surface area contributed by atoms with Crippen molar-refractivity contribution < 1.29 is 8.78 Å². The fraction of sp³-hybridized carbons (Fsp3) is 0.222. The quantitative estimate of drug-likeness (QED) is 0.508. The van der Waals surface area contributed by atoms with E-state index in [1.165, 1.54) is 24.5 Å². The Morgan fingerprint density at radius 3 is 2.23 bits per heavy atom. The minimum absolute atomic E-state index is 0.254. The summed E-state index contributed by atoms with van der Waals surface area (Å²) in [6.45, 7) is 0. The largest absolute Gasteiger partial charge is 0.369 e. The third-order valence-corrected chi connectivity index (χ3v) is 1.36. The third-order valence-electron chi connectivity index (χ3n) is 1.36. The normalized spacial score (nSPS) is 10.8. The number of benzene rings is 1. The van der Waals surface area contributed by atoms with Crippen LogP contribution in [0.1, 0.15) is 0 Å². The molecule has 0 aliphatic carbocycles. The molecule has 0 fully saturated rings. The number of halogens is 2. The van der Waals surface area contributed by atoms with Gasteiger partial charge in [0.15, 0.2) is 11.6 Å². The Labute approximate surface area is 75.5 Å². The fourth-order valence-corrected chi connectivity index (χ4v) is 0.786. The van der Waals surface area contributed by atoms with Gasteiger partial charge in [0.1, 0.15) is 5.69 Å². The van der Waals surface area contributed by atoms with Crippen LogP contribution in [0, 0.1) is 11.6 Å². The highest BCUT2D eigenvalue weighted by atomic mass is 19.1. The van der Waals surface area contributed by atoms with Crippen LogP contribution in [0.2, 0.25) is 0 Å². The molecule has 0 unspecified atom stereocenters. The van der Waals surface area contributed by atoms with Crippen molar-refractivity contribution in [1.29, 1.82) is 0 Å². The average molecular weight is 184 g/mol. The summed E-state index contributed by atoms with van der Waals surface area (Å²) in [5.74, 6) is -1.31. The van der Waals surface area contributed by atoms with Crippen molar-refractivity contribution in [1.82, 2.24) is 4.90 Å². The molecule has 0 bridgehead atoms. The van der Waals surface area contributed by atoms with Crippen LogP contribution >= 0.6 is 0 Å². The molecule has 0 amide bonds. The van der Waals surface area contributed by atoms with E-state index in [2.05, 4.69) is 4.99 Å². The van der Waals surface area contributed by atoms with Crippen LogP contribution < -0.4 is 0 Å². The lowest BCUT2D eigenvalue weighted by atomic mass is 10.3. The van der Waals surface area contributed by atoms with E-state index in [-0.39, 0.29) is 5.69 Å². The van der Waals surface area contributed by atoms with Gasteiger partial charge in [0, 0.05) is 14.1 Å². The Balaban J connectivity index is 3.00. The summed E-state index contributed by atoms with van der Waals surface area (Å²) in [6, 6.07) is 3.65. The van der Waals surface area contributed by atoms with Gasteiger partial charge < -0.3 is 4.90 Å². The zero-order valence-electron chi connectivity index (χ0n) is 7.46. The Morgan fingerprint density at radius 1 is 1.23 bits per heavy atom. The minimum Gasteiger partial charge on any atom is -0.369 e. The first-order valence-electron chi connectivity index (χ1n) is 3.76. The lowest BCUT2D eigenvalue weighted by Gasteiger charge is -2.03. The van der Waals surface area contributed by atoms with Crippen molar-refractivity contribution in [2.75, 3.05) is 14.1 Å². The number of para-hydroxylation sites is 1. The Kier molecular flexibility index (Phi) is 2.95. The summed E-state index contributed by atoms with van der Waals surface area (Å²) in [7, 11) is 3.45. The number of hydrogen-bond acceptors (Lipinski definition) is 1. The summed E-state index contributed by atoms with van der Waals surface area (Å²) in [4.78, 5) is 5.26. The molecular weight excluding hydrogens is 174 g/mol. The van der Waals surface area contributed by atoms with Crippen molar-refractivity contribution in [3.8, 4) is 0 Å². The second-order valence-corrected chi connectivity index (χ2v) is 2.78. The second-order valence-electron chi connectivity index (χ2n) is 2.78. The molecule has 1 aromatic carbocycles. The van der Waals surface area contributed by atoms with Crippen molar-refractivity contribution >= 4 is 12.0 Å².